The monoisotopic (exact) mass is 451 g/mol. The summed E-state index contributed by atoms with van der Waals surface area (Å²) < 4.78 is 6.05. The molecule has 0 radical (unpaired) electrons. The van der Waals surface area contributed by atoms with Gasteiger partial charge >= 0.3 is 0 Å². The lowest BCUT2D eigenvalue weighted by Crippen LogP contribution is -2.66. The van der Waals surface area contributed by atoms with Crippen molar-refractivity contribution in [2.45, 2.75) is 77.0 Å². The summed E-state index contributed by atoms with van der Waals surface area (Å²) in [5.74, 6) is 0.994. The van der Waals surface area contributed by atoms with Gasteiger partial charge in [-0.05, 0) is 39.5 Å². The highest BCUT2D eigenvalue weighted by Gasteiger charge is 2.56. The van der Waals surface area contributed by atoms with Crippen LogP contribution >= 0.6 is 24.0 Å². The van der Waals surface area contributed by atoms with Crippen LogP contribution < -0.4 is 5.32 Å². The molecule has 0 bridgehead atoms. The van der Waals surface area contributed by atoms with Crippen molar-refractivity contribution in [2.24, 2.45) is 10.4 Å². The molecule has 140 valence electrons. The number of β-amino-alcohol motifs (C(OH)–C–C–N with tert-alkyl or cyclic N) is 1. The molecule has 0 aromatic heterocycles. The number of nitrogens with zero attached hydrogens (tertiary/aromatic N) is 2. The lowest BCUT2D eigenvalue weighted by Gasteiger charge is -2.58. The van der Waals surface area contributed by atoms with Crippen LogP contribution in [-0.4, -0.2) is 60.5 Å². The molecule has 3 aliphatic rings. The van der Waals surface area contributed by atoms with Crippen LogP contribution in [0.1, 0.15) is 58.8 Å². The fourth-order valence-corrected chi connectivity index (χ4v) is 4.74. The number of guanidine groups is 1. The standard InChI is InChI=1S/C18H33N3O2.HI/c1-3-19-17(21-11-8-14(22)13-21)20-15-12-16(23-4-2)18(15)9-6-5-7-10-18;/h14-16,22H,3-13H2,1-2H3,(H,19,20);1H/t14-,15?,16?;/m1./s1. The average molecular weight is 451 g/mol. The van der Waals surface area contributed by atoms with Crippen LogP contribution in [0.25, 0.3) is 0 Å². The van der Waals surface area contributed by atoms with Crippen molar-refractivity contribution in [1.82, 2.24) is 10.2 Å². The summed E-state index contributed by atoms with van der Waals surface area (Å²) in [6.45, 7) is 7.39. The van der Waals surface area contributed by atoms with Crippen molar-refractivity contribution in [2.75, 3.05) is 26.2 Å². The molecule has 3 atom stereocenters. The van der Waals surface area contributed by atoms with Crippen LogP contribution in [0.15, 0.2) is 4.99 Å². The Morgan fingerprint density at radius 1 is 1.29 bits per heavy atom. The average Bonchev–Trinajstić information content (AvgIpc) is 3.00. The van der Waals surface area contributed by atoms with Crippen molar-refractivity contribution < 1.29 is 9.84 Å². The second-order valence-corrected chi connectivity index (χ2v) is 7.36. The number of likely N-dealkylation sites (tertiary alicyclic amines) is 1. The molecule has 5 nitrogen and oxygen atoms in total. The van der Waals surface area contributed by atoms with E-state index in [2.05, 4.69) is 24.1 Å². The van der Waals surface area contributed by atoms with Crippen molar-refractivity contribution >= 4 is 29.9 Å². The Kier molecular flexibility index (Phi) is 7.61. The maximum atomic E-state index is 9.83. The number of nitrogens with one attached hydrogen (secondary N) is 1. The summed E-state index contributed by atoms with van der Waals surface area (Å²) in [5.41, 5.74) is 0.307. The van der Waals surface area contributed by atoms with E-state index in [0.717, 1.165) is 38.5 Å². The largest absolute Gasteiger partial charge is 0.391 e. The first kappa shape index (κ1) is 20.2. The van der Waals surface area contributed by atoms with Gasteiger partial charge in [0.1, 0.15) is 0 Å². The lowest BCUT2D eigenvalue weighted by atomic mass is 9.55. The van der Waals surface area contributed by atoms with Gasteiger partial charge < -0.3 is 20.1 Å². The normalized spacial score (nSPS) is 32.4. The molecule has 2 aliphatic carbocycles. The van der Waals surface area contributed by atoms with Gasteiger partial charge in [-0.3, -0.25) is 4.99 Å². The zero-order chi connectivity index (χ0) is 16.3. The zero-order valence-electron chi connectivity index (χ0n) is 15.2. The van der Waals surface area contributed by atoms with Gasteiger partial charge in [0.25, 0.3) is 0 Å². The Balaban J connectivity index is 0.00000208. The molecule has 0 amide bonds. The van der Waals surface area contributed by atoms with Crippen LogP contribution in [0.2, 0.25) is 0 Å². The first-order valence-electron chi connectivity index (χ1n) is 9.55. The fraction of sp³-hybridized carbons (Fsp3) is 0.944. The molecular weight excluding hydrogens is 417 g/mol. The summed E-state index contributed by atoms with van der Waals surface area (Å²) in [6.07, 6.45) is 8.71. The molecule has 1 saturated heterocycles. The Morgan fingerprint density at radius 3 is 2.62 bits per heavy atom. The highest BCUT2D eigenvalue weighted by Crippen LogP contribution is 2.53. The van der Waals surface area contributed by atoms with E-state index in [1.807, 2.05) is 0 Å². The number of rotatable bonds is 4. The maximum Gasteiger partial charge on any atom is 0.194 e. The first-order chi connectivity index (χ1) is 11.2. The number of hydrogen-bond donors (Lipinski definition) is 2. The molecule has 3 fully saturated rings. The van der Waals surface area contributed by atoms with Crippen molar-refractivity contribution in [3.8, 4) is 0 Å². The van der Waals surface area contributed by atoms with E-state index >= 15 is 0 Å². The van der Waals surface area contributed by atoms with Crippen molar-refractivity contribution in [3.63, 3.8) is 0 Å². The summed E-state index contributed by atoms with van der Waals surface area (Å²) in [5, 5.41) is 13.6. The Hall–Kier alpha value is -0.0800. The second-order valence-electron chi connectivity index (χ2n) is 7.36. The second kappa shape index (κ2) is 9.03. The van der Waals surface area contributed by atoms with E-state index in [1.165, 1.54) is 32.1 Å². The van der Waals surface area contributed by atoms with Gasteiger partial charge in [0.05, 0.1) is 12.2 Å². The number of ether oxygens (including phenoxy) is 1. The van der Waals surface area contributed by atoms with Crippen molar-refractivity contribution in [1.29, 1.82) is 0 Å². The summed E-state index contributed by atoms with van der Waals surface area (Å²) in [7, 11) is 0. The minimum Gasteiger partial charge on any atom is -0.391 e. The predicted molar refractivity (Wildman–Crippen MR) is 108 cm³/mol. The topological polar surface area (TPSA) is 57.1 Å². The fourth-order valence-electron chi connectivity index (χ4n) is 4.74. The first-order valence-corrected chi connectivity index (χ1v) is 9.55. The van der Waals surface area contributed by atoms with E-state index in [1.54, 1.807) is 0 Å². The zero-order valence-corrected chi connectivity index (χ0v) is 17.5. The van der Waals surface area contributed by atoms with Gasteiger partial charge in [-0.15, -0.1) is 24.0 Å². The Bertz CT molecular complexity index is 426. The number of hydrogen-bond acceptors (Lipinski definition) is 3. The van der Waals surface area contributed by atoms with Gasteiger partial charge in [0.15, 0.2) is 5.96 Å². The molecule has 1 spiro atoms. The molecule has 3 rings (SSSR count). The summed E-state index contributed by atoms with van der Waals surface area (Å²) in [4.78, 5) is 6.91. The molecule has 6 heteroatoms. The molecule has 0 aromatic carbocycles. The molecule has 0 aromatic rings. The summed E-state index contributed by atoms with van der Waals surface area (Å²) >= 11 is 0. The van der Waals surface area contributed by atoms with Gasteiger partial charge in [-0.2, -0.15) is 0 Å². The lowest BCUT2D eigenvalue weighted by molar-refractivity contribution is -0.146. The van der Waals surface area contributed by atoms with E-state index in [-0.39, 0.29) is 30.1 Å². The van der Waals surface area contributed by atoms with Gasteiger partial charge in [-0.25, -0.2) is 0 Å². The van der Waals surface area contributed by atoms with Gasteiger partial charge in [-0.1, -0.05) is 19.3 Å². The van der Waals surface area contributed by atoms with Crippen LogP contribution in [0.4, 0.5) is 0 Å². The third-order valence-electron chi connectivity index (χ3n) is 6.01. The number of aliphatic hydroxyl groups excluding tert-OH is 1. The third kappa shape index (κ3) is 4.01. The van der Waals surface area contributed by atoms with Crippen molar-refractivity contribution in [3.05, 3.63) is 0 Å². The van der Waals surface area contributed by atoms with Crippen LogP contribution in [0.3, 0.4) is 0 Å². The van der Waals surface area contributed by atoms with Gasteiger partial charge in [0.2, 0.25) is 0 Å². The van der Waals surface area contributed by atoms with Gasteiger partial charge in [0, 0.05) is 37.7 Å². The molecule has 2 unspecified atom stereocenters. The highest BCUT2D eigenvalue weighted by atomic mass is 127. The smallest absolute Gasteiger partial charge is 0.194 e. The predicted octanol–water partition coefficient (Wildman–Crippen LogP) is 2.76. The van der Waals surface area contributed by atoms with E-state index in [0.29, 0.717) is 24.1 Å². The number of aliphatic hydroxyl groups is 1. The molecule has 24 heavy (non-hydrogen) atoms. The van der Waals surface area contributed by atoms with Crippen LogP contribution in [0.5, 0.6) is 0 Å². The third-order valence-corrected chi connectivity index (χ3v) is 6.01. The Morgan fingerprint density at radius 2 is 2.04 bits per heavy atom. The van der Waals surface area contributed by atoms with E-state index in [4.69, 9.17) is 9.73 Å². The molecular formula is C18H34IN3O2. The maximum absolute atomic E-state index is 9.83. The quantitative estimate of drug-likeness (QED) is 0.392. The SMILES string of the molecule is CCN=C(NC1CC(OCC)C12CCCCC2)N1CC[C@@H](O)C1.I. The molecule has 2 saturated carbocycles. The van der Waals surface area contributed by atoms with Crippen LogP contribution in [0, 0.1) is 5.41 Å². The molecule has 1 aliphatic heterocycles. The minimum absolute atomic E-state index is 0. The van der Waals surface area contributed by atoms with Crippen LogP contribution in [-0.2, 0) is 4.74 Å². The number of aliphatic imine (C=N–C) groups is 1. The number of halogens is 1. The molecule has 2 N–H and O–H groups in total. The highest BCUT2D eigenvalue weighted by molar-refractivity contribution is 14.0. The van der Waals surface area contributed by atoms with E-state index in [9.17, 15) is 5.11 Å². The minimum atomic E-state index is -0.208. The van der Waals surface area contributed by atoms with E-state index < -0.39 is 0 Å². The molecule has 1 heterocycles. The Labute approximate surface area is 163 Å². The summed E-state index contributed by atoms with van der Waals surface area (Å²) in [6, 6.07) is 0.474.